The first-order valence-corrected chi connectivity index (χ1v) is 10.9. The zero-order valence-corrected chi connectivity index (χ0v) is 17.5. The van der Waals surface area contributed by atoms with Crippen LogP contribution in [0.1, 0.15) is 18.1 Å². The second kappa shape index (κ2) is 9.44. The van der Waals surface area contributed by atoms with Crippen LogP contribution in [0.15, 0.2) is 59.6 Å². The lowest BCUT2D eigenvalue weighted by Crippen LogP contribution is -2.21. The third kappa shape index (κ3) is 6.16. The van der Waals surface area contributed by atoms with Crippen molar-refractivity contribution in [3.05, 3.63) is 65.9 Å². The molecule has 3 aromatic rings. The molecular weight excluding hydrogens is 416 g/mol. The molecule has 2 atom stereocenters. The fourth-order valence-corrected chi connectivity index (χ4v) is 3.06. The predicted octanol–water partition coefficient (Wildman–Crippen LogP) is 2.40. The van der Waals surface area contributed by atoms with Crippen molar-refractivity contribution in [1.29, 1.82) is 4.78 Å². The highest BCUT2D eigenvalue weighted by molar-refractivity contribution is 7.90. The van der Waals surface area contributed by atoms with Gasteiger partial charge >= 0.3 is 0 Å². The third-order valence-electron chi connectivity index (χ3n) is 4.09. The monoisotopic (exact) mass is 438 g/mol. The summed E-state index contributed by atoms with van der Waals surface area (Å²) in [6.45, 7) is 1.70. The van der Waals surface area contributed by atoms with Crippen LogP contribution in [0.3, 0.4) is 0 Å². The maximum atomic E-state index is 11.6. The standard InChI is InChI=1S/C21H22N6O3S/c1-14(13-28)25-20-16(6-5-15-3-2-4-18(29)11-15)12-24-21(27-20)26-17-7-9-19(10-8-17)31(22,23)30/h2-4,7-12,14,28-29H,13H2,1H3,(H3,22,23,30)(H2,24,25,26,27)/t14-/m1/s1. The first-order valence-electron chi connectivity index (χ1n) is 9.24. The van der Waals surface area contributed by atoms with Crippen LogP contribution in [0, 0.1) is 16.6 Å². The molecule has 0 fully saturated rings. The van der Waals surface area contributed by atoms with E-state index in [2.05, 4.69) is 32.4 Å². The second-order valence-corrected chi connectivity index (χ2v) is 8.41. The van der Waals surface area contributed by atoms with Crippen molar-refractivity contribution in [2.24, 2.45) is 5.14 Å². The Morgan fingerprint density at radius 3 is 2.61 bits per heavy atom. The summed E-state index contributed by atoms with van der Waals surface area (Å²) in [6, 6.07) is 12.6. The van der Waals surface area contributed by atoms with E-state index in [1.807, 2.05) is 0 Å². The van der Waals surface area contributed by atoms with Crippen LogP contribution in [-0.2, 0) is 9.92 Å². The van der Waals surface area contributed by atoms with Gasteiger partial charge in [-0.1, -0.05) is 17.9 Å². The minimum atomic E-state index is -3.28. The van der Waals surface area contributed by atoms with Crippen molar-refractivity contribution in [3.8, 4) is 17.6 Å². The Hall–Kier alpha value is -3.65. The molecular formula is C21H22N6O3S. The smallest absolute Gasteiger partial charge is 0.229 e. The fraction of sp³-hybridized carbons (Fsp3) is 0.143. The maximum absolute atomic E-state index is 11.6. The molecule has 0 saturated carbocycles. The first-order chi connectivity index (χ1) is 14.7. The number of hydrogen-bond donors (Lipinski definition) is 6. The molecule has 1 unspecified atom stereocenters. The molecule has 160 valence electrons. The van der Waals surface area contributed by atoms with Gasteiger partial charge in [0, 0.05) is 17.3 Å². The molecule has 1 heterocycles. The van der Waals surface area contributed by atoms with Gasteiger partial charge in [-0.3, -0.25) is 0 Å². The molecule has 1 aromatic heterocycles. The Morgan fingerprint density at radius 2 is 1.97 bits per heavy atom. The average Bonchev–Trinajstić information content (AvgIpc) is 2.73. The van der Waals surface area contributed by atoms with Crippen molar-refractivity contribution in [2.45, 2.75) is 17.9 Å². The number of nitrogens with zero attached hydrogens (tertiary/aromatic N) is 2. The Labute approximate surface area is 180 Å². The summed E-state index contributed by atoms with van der Waals surface area (Å²) in [5.41, 5.74) is 1.77. The highest BCUT2D eigenvalue weighted by atomic mass is 32.2. The molecule has 0 radical (unpaired) electrons. The van der Waals surface area contributed by atoms with E-state index >= 15 is 0 Å². The van der Waals surface area contributed by atoms with E-state index in [1.54, 1.807) is 49.5 Å². The Kier molecular flexibility index (Phi) is 6.71. The Morgan fingerprint density at radius 1 is 1.23 bits per heavy atom. The van der Waals surface area contributed by atoms with Crippen molar-refractivity contribution < 1.29 is 14.4 Å². The largest absolute Gasteiger partial charge is 0.508 e. The number of hydrogen-bond acceptors (Lipinski definition) is 8. The van der Waals surface area contributed by atoms with Crippen LogP contribution in [0.4, 0.5) is 17.5 Å². The van der Waals surface area contributed by atoms with Crippen LogP contribution in [0.2, 0.25) is 0 Å². The van der Waals surface area contributed by atoms with E-state index in [9.17, 15) is 14.4 Å². The molecule has 0 amide bonds. The van der Waals surface area contributed by atoms with Gasteiger partial charge in [0.05, 0.1) is 23.3 Å². The molecule has 0 bridgehead atoms. The van der Waals surface area contributed by atoms with Crippen molar-refractivity contribution in [3.63, 3.8) is 0 Å². The highest BCUT2D eigenvalue weighted by Gasteiger charge is 2.10. The van der Waals surface area contributed by atoms with Crippen molar-refractivity contribution in [1.82, 2.24) is 9.97 Å². The number of nitrogens with two attached hydrogens (primary N) is 1. The highest BCUT2D eigenvalue weighted by Crippen LogP contribution is 2.20. The van der Waals surface area contributed by atoms with Gasteiger partial charge in [-0.25, -0.2) is 19.1 Å². The average molecular weight is 439 g/mol. The first kappa shape index (κ1) is 22.0. The van der Waals surface area contributed by atoms with E-state index in [0.717, 1.165) is 0 Å². The van der Waals surface area contributed by atoms with Gasteiger partial charge in [0.25, 0.3) is 0 Å². The lowest BCUT2D eigenvalue weighted by molar-refractivity contribution is 0.281. The molecule has 10 heteroatoms. The number of phenolic OH excluding ortho intramolecular Hbond substituents is 1. The molecule has 9 nitrogen and oxygen atoms in total. The number of nitrogens with one attached hydrogen (secondary N) is 3. The summed E-state index contributed by atoms with van der Waals surface area (Å²) in [5, 5.41) is 30.4. The minimum absolute atomic E-state index is 0.0981. The van der Waals surface area contributed by atoms with Gasteiger partial charge in [0.2, 0.25) is 5.95 Å². The summed E-state index contributed by atoms with van der Waals surface area (Å²) in [5.74, 6) is 6.76. The lowest BCUT2D eigenvalue weighted by atomic mass is 10.2. The fourth-order valence-electron chi connectivity index (χ4n) is 2.52. The van der Waals surface area contributed by atoms with Gasteiger partial charge in [-0.2, -0.15) is 4.98 Å². The number of aromatic hydroxyl groups is 1. The summed E-state index contributed by atoms with van der Waals surface area (Å²) in [6.07, 6.45) is 1.54. The molecule has 0 spiro atoms. The van der Waals surface area contributed by atoms with E-state index < -0.39 is 9.92 Å². The van der Waals surface area contributed by atoms with Gasteiger partial charge in [0.15, 0.2) is 0 Å². The number of benzene rings is 2. The molecule has 0 saturated heterocycles. The number of phenols is 1. The molecule has 31 heavy (non-hydrogen) atoms. The number of aliphatic hydroxyl groups excluding tert-OH is 1. The van der Waals surface area contributed by atoms with Crippen LogP contribution in [0.25, 0.3) is 0 Å². The Bertz CT molecular complexity index is 1230. The number of aromatic nitrogens is 2. The van der Waals surface area contributed by atoms with E-state index in [1.165, 1.54) is 12.1 Å². The lowest BCUT2D eigenvalue weighted by Gasteiger charge is -2.14. The zero-order valence-electron chi connectivity index (χ0n) is 16.7. The predicted molar refractivity (Wildman–Crippen MR) is 119 cm³/mol. The number of aliphatic hydroxyl groups is 1. The van der Waals surface area contributed by atoms with Gasteiger partial charge < -0.3 is 20.8 Å². The summed E-state index contributed by atoms with van der Waals surface area (Å²) < 4.78 is 19.0. The van der Waals surface area contributed by atoms with Crippen molar-refractivity contribution >= 4 is 27.4 Å². The van der Waals surface area contributed by atoms with Crippen LogP contribution in [-0.4, -0.2) is 37.0 Å². The van der Waals surface area contributed by atoms with E-state index in [0.29, 0.717) is 22.6 Å². The van der Waals surface area contributed by atoms with Gasteiger partial charge in [-0.05, 0) is 49.4 Å². The van der Waals surface area contributed by atoms with Crippen molar-refractivity contribution in [2.75, 3.05) is 17.2 Å². The third-order valence-corrected chi connectivity index (χ3v) is 5.07. The Balaban J connectivity index is 1.88. The minimum Gasteiger partial charge on any atom is -0.508 e. The number of anilines is 3. The molecule has 0 aliphatic carbocycles. The normalized spacial score (nSPS) is 13.4. The molecule has 3 rings (SSSR count). The van der Waals surface area contributed by atoms with E-state index in [-0.39, 0.29) is 29.2 Å². The summed E-state index contributed by atoms with van der Waals surface area (Å²) in [7, 11) is -3.28. The maximum Gasteiger partial charge on any atom is 0.229 e. The second-order valence-electron chi connectivity index (χ2n) is 6.73. The summed E-state index contributed by atoms with van der Waals surface area (Å²) in [4.78, 5) is 8.93. The zero-order chi connectivity index (χ0) is 22.4. The quantitative estimate of drug-likeness (QED) is 0.323. The SMILES string of the molecule is C[C@H](CO)Nc1nc(Nc2ccc(S(=N)(N)=O)cc2)ncc1C#Cc1cccc(O)c1. The van der Waals surface area contributed by atoms with Crippen LogP contribution >= 0.6 is 0 Å². The topological polar surface area (TPSA) is 157 Å². The molecule has 0 aliphatic heterocycles. The van der Waals surface area contributed by atoms with Gasteiger partial charge in [-0.15, -0.1) is 0 Å². The van der Waals surface area contributed by atoms with Gasteiger partial charge in [0.1, 0.15) is 21.5 Å². The van der Waals surface area contributed by atoms with E-state index in [4.69, 9.17) is 9.92 Å². The van der Waals surface area contributed by atoms with Crippen LogP contribution in [0.5, 0.6) is 5.75 Å². The number of rotatable bonds is 6. The van der Waals surface area contributed by atoms with Crippen LogP contribution < -0.4 is 15.8 Å². The molecule has 2 aromatic carbocycles. The summed E-state index contributed by atoms with van der Waals surface area (Å²) >= 11 is 0. The molecule has 7 N–H and O–H groups in total. The molecule has 0 aliphatic rings.